The fraction of sp³-hybridized carbons (Fsp3) is 0.588. The van der Waals surface area contributed by atoms with E-state index >= 15 is 0 Å². The lowest BCUT2D eigenvalue weighted by Gasteiger charge is -2.34. The van der Waals surface area contributed by atoms with Crippen molar-refractivity contribution in [1.29, 1.82) is 0 Å². The van der Waals surface area contributed by atoms with Gasteiger partial charge in [0.05, 0.1) is 12.6 Å². The predicted octanol–water partition coefficient (Wildman–Crippen LogP) is 1.97. The molecule has 0 bridgehead atoms. The van der Waals surface area contributed by atoms with Gasteiger partial charge in [-0.2, -0.15) is 0 Å². The molecule has 3 atom stereocenters. The number of halogens is 2. The molecule has 128 valence electrons. The molecule has 0 saturated carbocycles. The van der Waals surface area contributed by atoms with E-state index in [1.807, 2.05) is 6.92 Å². The molecule has 1 aromatic carbocycles. The van der Waals surface area contributed by atoms with Gasteiger partial charge in [-0.1, -0.05) is 12.1 Å². The van der Waals surface area contributed by atoms with Crippen molar-refractivity contribution in [3.05, 3.63) is 35.6 Å². The quantitative estimate of drug-likeness (QED) is 0.880. The summed E-state index contributed by atoms with van der Waals surface area (Å²) < 4.78 is 12.9. The average molecular weight is 342 g/mol. The Balaban J connectivity index is 0.00000192. The molecule has 2 heterocycles. The lowest BCUT2D eigenvalue weighted by molar-refractivity contribution is -0.123. The molecule has 23 heavy (non-hydrogen) atoms. The number of piperidine rings is 1. The van der Waals surface area contributed by atoms with Gasteiger partial charge in [-0.25, -0.2) is 4.39 Å². The Kier molecular flexibility index (Phi) is 6.39. The van der Waals surface area contributed by atoms with E-state index in [4.69, 9.17) is 0 Å². The highest BCUT2D eigenvalue weighted by Gasteiger charge is 2.33. The molecule has 2 fully saturated rings. The Morgan fingerprint density at radius 3 is 2.78 bits per heavy atom. The Morgan fingerprint density at radius 2 is 2.04 bits per heavy atom. The number of hydrogen-bond acceptors (Lipinski definition) is 3. The van der Waals surface area contributed by atoms with E-state index in [2.05, 4.69) is 15.5 Å². The Morgan fingerprint density at radius 1 is 1.35 bits per heavy atom. The van der Waals surface area contributed by atoms with E-state index in [1.54, 1.807) is 12.1 Å². The Bertz CT molecular complexity index is 525. The lowest BCUT2D eigenvalue weighted by Crippen LogP contribution is -2.45. The minimum Gasteiger partial charge on any atom is -0.348 e. The van der Waals surface area contributed by atoms with Gasteiger partial charge < -0.3 is 10.6 Å². The highest BCUT2D eigenvalue weighted by Crippen LogP contribution is 2.26. The second-order valence-electron chi connectivity index (χ2n) is 6.54. The second kappa shape index (κ2) is 8.08. The zero-order valence-electron chi connectivity index (χ0n) is 13.4. The van der Waals surface area contributed by atoms with Crippen molar-refractivity contribution in [3.8, 4) is 0 Å². The number of fused-ring (bicyclic) bond motifs is 1. The highest BCUT2D eigenvalue weighted by molar-refractivity contribution is 5.85. The molecule has 3 unspecified atom stereocenters. The molecule has 2 N–H and O–H groups in total. The Hall–Kier alpha value is -1.17. The van der Waals surface area contributed by atoms with Gasteiger partial charge in [0.1, 0.15) is 5.82 Å². The van der Waals surface area contributed by atoms with Gasteiger partial charge in [-0.05, 0) is 62.5 Å². The molecule has 0 spiro atoms. The third-order valence-corrected chi connectivity index (χ3v) is 4.90. The lowest BCUT2D eigenvalue weighted by atomic mass is 9.89. The topological polar surface area (TPSA) is 44.4 Å². The van der Waals surface area contributed by atoms with Crippen LogP contribution in [-0.4, -0.2) is 43.5 Å². The largest absolute Gasteiger partial charge is 0.348 e. The van der Waals surface area contributed by atoms with Gasteiger partial charge >= 0.3 is 0 Å². The standard InChI is InChI=1S/C17H24FN3O.ClH/c1-12(13-2-4-16(18)5-3-13)20-17(22)11-21-7-6-14-8-19-9-15(14)10-21;/h2-5,12,14-15,19H,6-11H2,1H3,(H,20,22);1H. The molecule has 0 radical (unpaired) electrons. The summed E-state index contributed by atoms with van der Waals surface area (Å²) in [7, 11) is 0. The Labute approximate surface area is 143 Å². The third-order valence-electron chi connectivity index (χ3n) is 4.90. The van der Waals surface area contributed by atoms with Gasteiger partial charge in [-0.3, -0.25) is 9.69 Å². The highest BCUT2D eigenvalue weighted by atomic mass is 35.5. The number of amides is 1. The molecule has 1 aromatic rings. The zero-order chi connectivity index (χ0) is 15.5. The monoisotopic (exact) mass is 341 g/mol. The molecule has 0 aliphatic carbocycles. The molecular formula is C17H25ClFN3O. The van der Waals surface area contributed by atoms with Crippen LogP contribution in [0.4, 0.5) is 4.39 Å². The predicted molar refractivity (Wildman–Crippen MR) is 91.1 cm³/mol. The van der Waals surface area contributed by atoms with Gasteiger partial charge in [0.2, 0.25) is 5.91 Å². The first kappa shape index (κ1) is 18.2. The summed E-state index contributed by atoms with van der Waals surface area (Å²) in [6.07, 6.45) is 1.18. The SMILES string of the molecule is CC(NC(=O)CN1CCC2CNCC2C1)c1ccc(F)cc1.Cl. The molecule has 4 nitrogen and oxygen atoms in total. The van der Waals surface area contributed by atoms with E-state index in [1.165, 1.54) is 18.6 Å². The third kappa shape index (κ3) is 4.66. The van der Waals surface area contributed by atoms with Crippen molar-refractivity contribution in [3.63, 3.8) is 0 Å². The van der Waals surface area contributed by atoms with E-state index < -0.39 is 0 Å². The van der Waals surface area contributed by atoms with E-state index in [0.29, 0.717) is 12.5 Å². The number of nitrogens with one attached hydrogen (secondary N) is 2. The fourth-order valence-electron chi connectivity index (χ4n) is 3.58. The minimum atomic E-state index is -0.254. The van der Waals surface area contributed by atoms with Crippen LogP contribution in [0.2, 0.25) is 0 Å². The zero-order valence-corrected chi connectivity index (χ0v) is 14.2. The molecule has 2 aliphatic rings. The van der Waals surface area contributed by atoms with Crippen LogP contribution in [0.15, 0.2) is 24.3 Å². The van der Waals surface area contributed by atoms with Crippen LogP contribution < -0.4 is 10.6 Å². The van der Waals surface area contributed by atoms with Crippen LogP contribution >= 0.6 is 12.4 Å². The van der Waals surface area contributed by atoms with Gasteiger partial charge in [0.15, 0.2) is 0 Å². The van der Waals surface area contributed by atoms with Crippen LogP contribution in [0.5, 0.6) is 0 Å². The number of likely N-dealkylation sites (tertiary alicyclic amines) is 1. The van der Waals surface area contributed by atoms with Crippen LogP contribution in [0, 0.1) is 17.7 Å². The van der Waals surface area contributed by atoms with Gasteiger partial charge in [0.25, 0.3) is 0 Å². The number of rotatable bonds is 4. The van der Waals surface area contributed by atoms with E-state index in [9.17, 15) is 9.18 Å². The second-order valence-corrected chi connectivity index (χ2v) is 6.54. The maximum atomic E-state index is 12.9. The molecule has 6 heteroatoms. The van der Waals surface area contributed by atoms with Crippen LogP contribution in [0.1, 0.15) is 24.9 Å². The van der Waals surface area contributed by atoms with Crippen molar-refractivity contribution in [2.75, 3.05) is 32.7 Å². The van der Waals surface area contributed by atoms with Crippen molar-refractivity contribution < 1.29 is 9.18 Å². The van der Waals surface area contributed by atoms with Crippen molar-refractivity contribution in [2.24, 2.45) is 11.8 Å². The summed E-state index contributed by atoms with van der Waals surface area (Å²) in [5, 5.41) is 6.44. The molecule has 2 saturated heterocycles. The molecular weight excluding hydrogens is 317 g/mol. The first-order valence-electron chi connectivity index (χ1n) is 8.09. The van der Waals surface area contributed by atoms with Crippen molar-refractivity contribution in [1.82, 2.24) is 15.5 Å². The maximum absolute atomic E-state index is 12.9. The first-order chi connectivity index (χ1) is 10.6. The smallest absolute Gasteiger partial charge is 0.234 e. The van der Waals surface area contributed by atoms with Crippen LogP contribution in [0.3, 0.4) is 0 Å². The van der Waals surface area contributed by atoms with E-state index in [0.717, 1.165) is 37.7 Å². The van der Waals surface area contributed by atoms with Crippen LogP contribution in [0.25, 0.3) is 0 Å². The minimum absolute atomic E-state index is 0. The maximum Gasteiger partial charge on any atom is 0.234 e. The number of hydrogen-bond donors (Lipinski definition) is 2. The first-order valence-corrected chi connectivity index (χ1v) is 8.09. The summed E-state index contributed by atoms with van der Waals surface area (Å²) in [6, 6.07) is 6.19. The number of benzene rings is 1. The summed E-state index contributed by atoms with van der Waals surface area (Å²) in [5.74, 6) is 1.27. The van der Waals surface area contributed by atoms with Crippen molar-refractivity contribution >= 4 is 18.3 Å². The summed E-state index contributed by atoms with van der Waals surface area (Å²) in [4.78, 5) is 14.5. The molecule has 2 aliphatic heterocycles. The summed E-state index contributed by atoms with van der Waals surface area (Å²) >= 11 is 0. The summed E-state index contributed by atoms with van der Waals surface area (Å²) in [6.45, 7) is 6.60. The average Bonchev–Trinajstić information content (AvgIpc) is 2.95. The number of carbonyl (C=O) groups excluding carboxylic acids is 1. The van der Waals surface area contributed by atoms with Crippen molar-refractivity contribution in [2.45, 2.75) is 19.4 Å². The summed E-state index contributed by atoms with van der Waals surface area (Å²) in [5.41, 5.74) is 0.924. The van der Waals surface area contributed by atoms with Crippen LogP contribution in [-0.2, 0) is 4.79 Å². The number of nitrogens with zero attached hydrogens (tertiary/aromatic N) is 1. The van der Waals surface area contributed by atoms with Gasteiger partial charge in [0, 0.05) is 6.54 Å². The number of carbonyl (C=O) groups is 1. The van der Waals surface area contributed by atoms with E-state index in [-0.39, 0.29) is 30.2 Å². The molecule has 0 aromatic heterocycles. The fourth-order valence-corrected chi connectivity index (χ4v) is 3.58. The van der Waals surface area contributed by atoms with Gasteiger partial charge in [-0.15, -0.1) is 12.4 Å². The molecule has 1 amide bonds. The molecule has 3 rings (SSSR count). The normalized spacial score (nSPS) is 25.3.